The summed E-state index contributed by atoms with van der Waals surface area (Å²) in [4.78, 5) is 12.8. The van der Waals surface area contributed by atoms with Crippen molar-refractivity contribution >= 4 is 11.6 Å². The van der Waals surface area contributed by atoms with Gasteiger partial charge < -0.3 is 9.64 Å². The van der Waals surface area contributed by atoms with Crippen molar-refractivity contribution in [1.29, 1.82) is 0 Å². The smallest absolute Gasteiger partial charge is 0.227 e. The molecular weight excluding hydrogens is 240 g/mol. The second kappa shape index (κ2) is 4.76. The molecule has 1 amide bonds. The van der Waals surface area contributed by atoms with E-state index >= 15 is 0 Å². The average molecular weight is 253 g/mol. The van der Waals surface area contributed by atoms with Crippen LogP contribution in [0.25, 0.3) is 0 Å². The Morgan fingerprint density at radius 1 is 1.44 bits per heavy atom. The molecule has 1 atom stereocenters. The van der Waals surface area contributed by atoms with Crippen LogP contribution >= 0.6 is 0 Å². The van der Waals surface area contributed by atoms with E-state index in [0.717, 1.165) is 17.0 Å². The number of carbonyl (C=O) groups excluding carboxylic acids is 1. The summed E-state index contributed by atoms with van der Waals surface area (Å²) in [6.07, 6.45) is 1.85. The molecule has 0 N–H and O–H groups in total. The molecule has 1 unspecified atom stereocenters. The van der Waals surface area contributed by atoms with Gasteiger partial charge in [-0.25, -0.2) is 8.78 Å². The maximum atomic E-state index is 13.8. The number of hydrogen-bond donors (Lipinski definition) is 0. The highest BCUT2D eigenvalue weighted by Gasteiger charge is 2.32. The Balaban J connectivity index is 2.40. The van der Waals surface area contributed by atoms with E-state index in [4.69, 9.17) is 4.74 Å². The van der Waals surface area contributed by atoms with Gasteiger partial charge >= 0.3 is 0 Å². The Labute approximate surface area is 104 Å². The van der Waals surface area contributed by atoms with Gasteiger partial charge in [-0.05, 0) is 0 Å². The van der Waals surface area contributed by atoms with Crippen LogP contribution in [0.2, 0.25) is 0 Å². The summed E-state index contributed by atoms with van der Waals surface area (Å²) >= 11 is 0. The summed E-state index contributed by atoms with van der Waals surface area (Å²) in [5.41, 5.74) is -0.315. The van der Waals surface area contributed by atoms with Crippen molar-refractivity contribution in [2.24, 2.45) is 5.92 Å². The molecule has 1 fully saturated rings. The van der Waals surface area contributed by atoms with Gasteiger partial charge in [-0.15, -0.1) is 6.58 Å². The van der Waals surface area contributed by atoms with Crippen molar-refractivity contribution in [3.05, 3.63) is 36.4 Å². The fourth-order valence-corrected chi connectivity index (χ4v) is 2.03. The summed E-state index contributed by atoms with van der Waals surface area (Å²) in [5.74, 6) is -1.89. The summed E-state index contributed by atoms with van der Waals surface area (Å²) < 4.78 is 32.4. The molecule has 1 heterocycles. The molecule has 0 radical (unpaired) electrons. The van der Waals surface area contributed by atoms with Crippen LogP contribution in [0.4, 0.5) is 14.5 Å². The van der Waals surface area contributed by atoms with Crippen LogP contribution in [0.1, 0.15) is 6.42 Å². The van der Waals surface area contributed by atoms with Crippen molar-refractivity contribution < 1.29 is 18.3 Å². The van der Waals surface area contributed by atoms with Gasteiger partial charge in [0.2, 0.25) is 5.91 Å². The van der Waals surface area contributed by atoms with E-state index in [1.165, 1.54) is 7.11 Å². The normalized spacial score (nSPS) is 19.2. The minimum absolute atomic E-state index is 0.0709. The number of anilines is 1. The van der Waals surface area contributed by atoms with Gasteiger partial charge in [-0.1, -0.05) is 6.08 Å². The number of benzene rings is 1. The predicted octanol–water partition coefficient (Wildman–Crippen LogP) is 2.51. The second-order valence-corrected chi connectivity index (χ2v) is 4.14. The van der Waals surface area contributed by atoms with E-state index in [1.54, 1.807) is 6.08 Å². The van der Waals surface area contributed by atoms with Crippen LogP contribution in [0.15, 0.2) is 24.8 Å². The monoisotopic (exact) mass is 253 g/mol. The number of amides is 1. The van der Waals surface area contributed by atoms with Crippen LogP contribution < -0.4 is 9.64 Å². The van der Waals surface area contributed by atoms with Gasteiger partial charge in [0, 0.05) is 31.0 Å². The van der Waals surface area contributed by atoms with Crippen molar-refractivity contribution in [3.8, 4) is 5.75 Å². The molecule has 5 heteroatoms. The summed E-state index contributed by atoms with van der Waals surface area (Å²) in [7, 11) is 1.32. The zero-order chi connectivity index (χ0) is 13.3. The molecule has 3 nitrogen and oxygen atoms in total. The highest BCUT2D eigenvalue weighted by molar-refractivity contribution is 5.96. The first-order valence-corrected chi connectivity index (χ1v) is 5.52. The molecule has 0 saturated carbocycles. The number of rotatable bonds is 3. The molecule has 1 aromatic carbocycles. The van der Waals surface area contributed by atoms with Gasteiger partial charge in [0.05, 0.1) is 7.11 Å². The van der Waals surface area contributed by atoms with Gasteiger partial charge in [0.1, 0.15) is 11.4 Å². The zero-order valence-corrected chi connectivity index (χ0v) is 9.95. The minimum Gasteiger partial charge on any atom is -0.497 e. The molecule has 1 aromatic rings. The lowest BCUT2D eigenvalue weighted by molar-refractivity contribution is -0.117. The van der Waals surface area contributed by atoms with Gasteiger partial charge in [-0.2, -0.15) is 0 Å². The Bertz CT molecular complexity index is 479. The third-order valence-corrected chi connectivity index (χ3v) is 2.98. The Kier molecular flexibility index (Phi) is 3.32. The van der Waals surface area contributed by atoms with Gasteiger partial charge in [0.25, 0.3) is 0 Å². The second-order valence-electron chi connectivity index (χ2n) is 4.14. The van der Waals surface area contributed by atoms with E-state index in [1.807, 2.05) is 0 Å². The molecule has 1 aliphatic heterocycles. The van der Waals surface area contributed by atoms with Gasteiger partial charge in [0.15, 0.2) is 11.6 Å². The van der Waals surface area contributed by atoms with Crippen LogP contribution in [-0.2, 0) is 4.79 Å². The number of ether oxygens (including phenoxy) is 1. The van der Waals surface area contributed by atoms with Crippen molar-refractivity contribution in [2.75, 3.05) is 18.6 Å². The maximum Gasteiger partial charge on any atom is 0.227 e. The fraction of sp³-hybridized carbons (Fsp3) is 0.308. The predicted molar refractivity (Wildman–Crippen MR) is 63.6 cm³/mol. The van der Waals surface area contributed by atoms with E-state index in [-0.39, 0.29) is 36.2 Å². The highest BCUT2D eigenvalue weighted by atomic mass is 19.1. The maximum absolute atomic E-state index is 13.8. The summed E-state index contributed by atoms with van der Waals surface area (Å²) in [6.45, 7) is 3.84. The summed E-state index contributed by atoms with van der Waals surface area (Å²) in [5, 5.41) is 0. The third kappa shape index (κ3) is 2.08. The largest absolute Gasteiger partial charge is 0.497 e. The average Bonchev–Trinajstić information content (AvgIpc) is 2.70. The quantitative estimate of drug-likeness (QED) is 0.775. The topological polar surface area (TPSA) is 29.5 Å². The van der Waals surface area contributed by atoms with Crippen LogP contribution in [0, 0.1) is 17.6 Å². The molecule has 96 valence electrons. The SMILES string of the molecule is C=CC1CC(=O)N(c2c(F)cc(OC)cc2F)C1. The summed E-state index contributed by atoms with van der Waals surface area (Å²) in [6, 6.07) is 2.12. The zero-order valence-electron chi connectivity index (χ0n) is 9.95. The molecule has 1 saturated heterocycles. The van der Waals surface area contributed by atoms with Crippen LogP contribution in [-0.4, -0.2) is 19.6 Å². The molecular formula is C13H13F2NO2. The number of hydrogen-bond acceptors (Lipinski definition) is 2. The van der Waals surface area contributed by atoms with E-state index in [0.29, 0.717) is 0 Å². The standard InChI is InChI=1S/C13H13F2NO2/c1-3-8-4-12(17)16(7-8)13-10(14)5-9(18-2)6-11(13)15/h3,5-6,8H,1,4,7H2,2H3. The Morgan fingerprint density at radius 3 is 2.50 bits per heavy atom. The molecule has 18 heavy (non-hydrogen) atoms. The number of carbonyl (C=O) groups is 1. The molecule has 0 aromatic heterocycles. The first-order valence-electron chi connectivity index (χ1n) is 5.52. The Hall–Kier alpha value is -1.91. The molecule has 0 aliphatic carbocycles. The Morgan fingerprint density at radius 2 is 2.06 bits per heavy atom. The van der Waals surface area contributed by atoms with Gasteiger partial charge in [-0.3, -0.25) is 4.79 Å². The van der Waals surface area contributed by atoms with Crippen molar-refractivity contribution in [3.63, 3.8) is 0 Å². The van der Waals surface area contributed by atoms with Crippen LogP contribution in [0.3, 0.4) is 0 Å². The number of halogens is 2. The minimum atomic E-state index is -0.801. The van der Waals surface area contributed by atoms with Crippen molar-refractivity contribution in [1.82, 2.24) is 0 Å². The molecule has 0 bridgehead atoms. The first-order chi connectivity index (χ1) is 8.56. The lowest BCUT2D eigenvalue weighted by Crippen LogP contribution is -2.26. The molecule has 2 rings (SSSR count). The van der Waals surface area contributed by atoms with E-state index in [2.05, 4.69) is 6.58 Å². The van der Waals surface area contributed by atoms with Crippen LogP contribution in [0.5, 0.6) is 5.75 Å². The molecule has 1 aliphatic rings. The van der Waals surface area contributed by atoms with Crippen molar-refractivity contribution in [2.45, 2.75) is 6.42 Å². The lowest BCUT2D eigenvalue weighted by Gasteiger charge is -2.18. The lowest BCUT2D eigenvalue weighted by atomic mass is 10.1. The fourth-order valence-electron chi connectivity index (χ4n) is 2.03. The first kappa shape index (κ1) is 12.5. The number of methoxy groups -OCH3 is 1. The molecule has 0 spiro atoms. The highest BCUT2D eigenvalue weighted by Crippen LogP contribution is 2.32. The number of nitrogens with zero attached hydrogens (tertiary/aromatic N) is 1. The van der Waals surface area contributed by atoms with E-state index < -0.39 is 11.6 Å². The van der Waals surface area contributed by atoms with E-state index in [9.17, 15) is 13.6 Å². The third-order valence-electron chi connectivity index (χ3n) is 2.98.